The standard InChI is InChI=1S/C15H20Cl2N4/c1-10(18)8-20(3)9-12-11(2)19-21(15(12)17)14-7-5-4-6-13(14)16/h4-7,10H,8-9,18H2,1-3H3. The first-order chi connectivity index (χ1) is 9.90. The molecule has 0 radical (unpaired) electrons. The van der Waals surface area contributed by atoms with E-state index in [-0.39, 0.29) is 6.04 Å². The van der Waals surface area contributed by atoms with Crippen molar-refractivity contribution in [2.75, 3.05) is 13.6 Å². The molecule has 114 valence electrons. The molecular weight excluding hydrogens is 307 g/mol. The Morgan fingerprint density at radius 3 is 2.62 bits per heavy atom. The molecule has 21 heavy (non-hydrogen) atoms. The number of benzene rings is 1. The van der Waals surface area contributed by atoms with Crippen LogP contribution in [0.5, 0.6) is 0 Å². The quantitative estimate of drug-likeness (QED) is 0.917. The van der Waals surface area contributed by atoms with Gasteiger partial charge in [0, 0.05) is 24.7 Å². The normalized spacial score (nSPS) is 12.9. The summed E-state index contributed by atoms with van der Waals surface area (Å²) < 4.78 is 1.69. The summed E-state index contributed by atoms with van der Waals surface area (Å²) in [6.07, 6.45) is 0. The van der Waals surface area contributed by atoms with Crippen LogP contribution in [-0.4, -0.2) is 34.3 Å². The molecular formula is C15H20Cl2N4. The first-order valence-electron chi connectivity index (χ1n) is 6.83. The molecule has 0 aliphatic rings. The van der Waals surface area contributed by atoms with Gasteiger partial charge in [-0.15, -0.1) is 0 Å². The van der Waals surface area contributed by atoms with E-state index in [9.17, 15) is 0 Å². The van der Waals surface area contributed by atoms with Gasteiger partial charge in [0.05, 0.1) is 16.4 Å². The number of aromatic nitrogens is 2. The minimum atomic E-state index is 0.118. The molecule has 1 aromatic carbocycles. The van der Waals surface area contributed by atoms with Crippen molar-refractivity contribution in [1.29, 1.82) is 0 Å². The van der Waals surface area contributed by atoms with Gasteiger partial charge in [-0.05, 0) is 33.0 Å². The van der Waals surface area contributed by atoms with Crippen LogP contribution >= 0.6 is 23.2 Å². The summed E-state index contributed by atoms with van der Waals surface area (Å²) in [7, 11) is 2.02. The Bertz CT molecular complexity index is 622. The lowest BCUT2D eigenvalue weighted by Crippen LogP contribution is -2.32. The molecule has 6 heteroatoms. The minimum absolute atomic E-state index is 0.118. The van der Waals surface area contributed by atoms with Gasteiger partial charge in [-0.2, -0.15) is 5.10 Å². The Balaban J connectivity index is 2.32. The van der Waals surface area contributed by atoms with Gasteiger partial charge in [0.2, 0.25) is 0 Å². The van der Waals surface area contributed by atoms with Gasteiger partial charge in [0.15, 0.2) is 0 Å². The number of halogens is 2. The van der Waals surface area contributed by atoms with E-state index in [0.29, 0.717) is 16.7 Å². The average molecular weight is 327 g/mol. The Morgan fingerprint density at radius 2 is 2.00 bits per heavy atom. The van der Waals surface area contributed by atoms with E-state index in [1.807, 2.05) is 45.2 Å². The van der Waals surface area contributed by atoms with E-state index in [1.165, 1.54) is 0 Å². The molecule has 1 heterocycles. The molecule has 4 nitrogen and oxygen atoms in total. The molecule has 0 fully saturated rings. The maximum absolute atomic E-state index is 6.50. The highest BCUT2D eigenvalue weighted by Crippen LogP contribution is 2.28. The molecule has 0 spiro atoms. The topological polar surface area (TPSA) is 47.1 Å². The molecule has 1 aromatic heterocycles. The van der Waals surface area contributed by atoms with Crippen molar-refractivity contribution in [3.8, 4) is 5.69 Å². The van der Waals surface area contributed by atoms with Crippen LogP contribution in [0.25, 0.3) is 5.69 Å². The summed E-state index contributed by atoms with van der Waals surface area (Å²) in [5.41, 5.74) is 8.51. The van der Waals surface area contributed by atoms with Crippen molar-refractivity contribution in [3.05, 3.63) is 45.7 Å². The van der Waals surface area contributed by atoms with Gasteiger partial charge >= 0.3 is 0 Å². The summed E-state index contributed by atoms with van der Waals surface area (Å²) >= 11 is 12.7. The van der Waals surface area contributed by atoms with Gasteiger partial charge in [0.25, 0.3) is 0 Å². The zero-order valence-electron chi connectivity index (χ0n) is 12.5. The second-order valence-electron chi connectivity index (χ2n) is 5.39. The number of likely N-dealkylation sites (N-methyl/N-ethyl adjacent to an activating group) is 1. The molecule has 0 aliphatic heterocycles. The van der Waals surface area contributed by atoms with Crippen LogP contribution in [0.4, 0.5) is 0 Å². The number of para-hydroxylation sites is 1. The summed E-state index contributed by atoms with van der Waals surface area (Å²) in [5.74, 6) is 0. The maximum Gasteiger partial charge on any atom is 0.137 e. The Labute approximate surface area is 135 Å². The number of nitrogens with two attached hydrogens (primary N) is 1. The van der Waals surface area contributed by atoms with Crippen molar-refractivity contribution < 1.29 is 0 Å². The summed E-state index contributed by atoms with van der Waals surface area (Å²) in [4.78, 5) is 2.14. The number of hydrogen-bond donors (Lipinski definition) is 1. The van der Waals surface area contributed by atoms with E-state index in [4.69, 9.17) is 28.9 Å². The van der Waals surface area contributed by atoms with Crippen LogP contribution in [0.3, 0.4) is 0 Å². The summed E-state index contributed by atoms with van der Waals surface area (Å²) in [5, 5.41) is 5.73. The average Bonchev–Trinajstić information content (AvgIpc) is 2.66. The van der Waals surface area contributed by atoms with Crippen molar-refractivity contribution in [1.82, 2.24) is 14.7 Å². The van der Waals surface area contributed by atoms with Gasteiger partial charge in [-0.1, -0.05) is 35.3 Å². The predicted octanol–water partition coefficient (Wildman–Crippen LogP) is 3.27. The van der Waals surface area contributed by atoms with Crippen molar-refractivity contribution in [2.45, 2.75) is 26.4 Å². The lowest BCUT2D eigenvalue weighted by molar-refractivity contribution is 0.309. The third kappa shape index (κ3) is 3.77. The minimum Gasteiger partial charge on any atom is -0.327 e. The zero-order valence-corrected chi connectivity index (χ0v) is 14.0. The monoisotopic (exact) mass is 326 g/mol. The molecule has 0 bridgehead atoms. The van der Waals surface area contributed by atoms with Crippen LogP contribution in [0, 0.1) is 6.92 Å². The number of nitrogens with zero attached hydrogens (tertiary/aromatic N) is 3. The SMILES string of the molecule is Cc1nn(-c2ccccc2Cl)c(Cl)c1CN(C)CC(C)N. The van der Waals surface area contributed by atoms with Crippen molar-refractivity contribution in [2.24, 2.45) is 5.73 Å². The number of rotatable bonds is 5. The molecule has 1 atom stereocenters. The van der Waals surface area contributed by atoms with Crippen LogP contribution < -0.4 is 5.73 Å². The van der Waals surface area contributed by atoms with E-state index in [2.05, 4.69) is 10.00 Å². The smallest absolute Gasteiger partial charge is 0.137 e. The van der Waals surface area contributed by atoms with Crippen molar-refractivity contribution in [3.63, 3.8) is 0 Å². The fraction of sp³-hybridized carbons (Fsp3) is 0.400. The van der Waals surface area contributed by atoms with E-state index >= 15 is 0 Å². The number of aryl methyl sites for hydroxylation is 1. The van der Waals surface area contributed by atoms with Crippen LogP contribution in [0.2, 0.25) is 10.2 Å². The van der Waals surface area contributed by atoms with E-state index < -0.39 is 0 Å². The molecule has 2 N–H and O–H groups in total. The molecule has 0 amide bonds. The summed E-state index contributed by atoms with van der Waals surface area (Å²) in [6.45, 7) is 5.44. The Hall–Kier alpha value is -1.07. The molecule has 2 aromatic rings. The van der Waals surface area contributed by atoms with Crippen LogP contribution in [0.15, 0.2) is 24.3 Å². The van der Waals surface area contributed by atoms with E-state index in [0.717, 1.165) is 23.5 Å². The third-order valence-corrected chi connectivity index (χ3v) is 3.94. The highest BCUT2D eigenvalue weighted by atomic mass is 35.5. The maximum atomic E-state index is 6.50. The second-order valence-corrected chi connectivity index (χ2v) is 6.16. The van der Waals surface area contributed by atoms with Gasteiger partial charge in [-0.25, -0.2) is 4.68 Å². The molecule has 0 aliphatic carbocycles. The fourth-order valence-electron chi connectivity index (χ4n) is 2.32. The highest BCUT2D eigenvalue weighted by molar-refractivity contribution is 6.33. The number of hydrogen-bond acceptors (Lipinski definition) is 3. The highest BCUT2D eigenvalue weighted by Gasteiger charge is 2.17. The lowest BCUT2D eigenvalue weighted by Gasteiger charge is -2.18. The fourth-order valence-corrected chi connectivity index (χ4v) is 2.86. The molecule has 1 unspecified atom stereocenters. The predicted molar refractivity (Wildman–Crippen MR) is 88.3 cm³/mol. The lowest BCUT2D eigenvalue weighted by atomic mass is 10.2. The molecule has 0 saturated heterocycles. The van der Waals surface area contributed by atoms with Crippen LogP contribution in [0.1, 0.15) is 18.2 Å². The first-order valence-corrected chi connectivity index (χ1v) is 7.58. The summed E-state index contributed by atoms with van der Waals surface area (Å²) in [6, 6.07) is 7.64. The Kier molecular flexibility index (Phi) is 5.27. The first kappa shape index (κ1) is 16.3. The second kappa shape index (κ2) is 6.79. The van der Waals surface area contributed by atoms with Gasteiger partial charge in [0.1, 0.15) is 5.15 Å². The molecule has 2 rings (SSSR count). The van der Waals surface area contributed by atoms with Crippen LogP contribution in [-0.2, 0) is 6.54 Å². The largest absolute Gasteiger partial charge is 0.327 e. The Morgan fingerprint density at radius 1 is 1.33 bits per heavy atom. The van der Waals surface area contributed by atoms with Gasteiger partial charge < -0.3 is 10.6 Å². The third-order valence-electron chi connectivity index (χ3n) is 3.23. The van der Waals surface area contributed by atoms with Gasteiger partial charge in [-0.3, -0.25) is 0 Å². The van der Waals surface area contributed by atoms with Crippen molar-refractivity contribution >= 4 is 23.2 Å². The molecule has 0 saturated carbocycles. The zero-order chi connectivity index (χ0) is 15.6. The van der Waals surface area contributed by atoms with E-state index in [1.54, 1.807) is 4.68 Å².